The summed E-state index contributed by atoms with van der Waals surface area (Å²) >= 11 is 0. The van der Waals surface area contributed by atoms with E-state index in [2.05, 4.69) is 32.9 Å². The van der Waals surface area contributed by atoms with E-state index in [-0.39, 0.29) is 18.6 Å². The van der Waals surface area contributed by atoms with E-state index >= 15 is 0 Å². The molecule has 1 aromatic rings. The summed E-state index contributed by atoms with van der Waals surface area (Å²) in [5.74, 6) is 0.456. The van der Waals surface area contributed by atoms with Crippen LogP contribution in [0.2, 0.25) is 0 Å². The summed E-state index contributed by atoms with van der Waals surface area (Å²) < 4.78 is 0. The molecule has 0 heterocycles. The van der Waals surface area contributed by atoms with Crippen molar-refractivity contribution < 1.29 is 10.2 Å². The summed E-state index contributed by atoms with van der Waals surface area (Å²) in [7, 11) is 0. The van der Waals surface area contributed by atoms with E-state index in [1.807, 2.05) is 0 Å². The number of aliphatic hydroxyl groups excluding tert-OH is 2. The third kappa shape index (κ3) is 2.91. The molecule has 0 saturated heterocycles. The molecule has 20 heavy (non-hydrogen) atoms. The maximum absolute atomic E-state index is 9.97. The molecule has 0 aliphatic heterocycles. The Morgan fingerprint density at radius 2 is 1.50 bits per heavy atom. The van der Waals surface area contributed by atoms with Crippen LogP contribution in [0, 0.1) is 32.1 Å². The second-order valence-corrected chi connectivity index (χ2v) is 6.71. The molecular weight excluding hydrogens is 248 g/mol. The average Bonchev–Trinajstić information content (AvgIpc) is 2.93. The Labute approximate surface area is 122 Å². The topological polar surface area (TPSA) is 40.5 Å². The lowest BCUT2D eigenvalue weighted by Crippen LogP contribution is -2.39. The number of benzene rings is 1. The van der Waals surface area contributed by atoms with Crippen LogP contribution in [0.15, 0.2) is 12.1 Å². The first-order valence-corrected chi connectivity index (χ1v) is 7.81. The molecule has 2 N–H and O–H groups in total. The van der Waals surface area contributed by atoms with Crippen LogP contribution in [0.3, 0.4) is 0 Å². The van der Waals surface area contributed by atoms with Gasteiger partial charge in [0.05, 0.1) is 13.2 Å². The van der Waals surface area contributed by atoms with Crippen LogP contribution in [0.4, 0.5) is 0 Å². The molecule has 2 rings (SSSR count). The maximum Gasteiger partial charge on any atom is 0.0515 e. The van der Waals surface area contributed by atoms with Gasteiger partial charge in [-0.3, -0.25) is 0 Å². The van der Waals surface area contributed by atoms with Gasteiger partial charge in [0.15, 0.2) is 0 Å². The minimum absolute atomic E-state index is 0.0842. The summed E-state index contributed by atoms with van der Waals surface area (Å²) in [5, 5.41) is 19.9. The molecule has 112 valence electrons. The van der Waals surface area contributed by atoms with Crippen molar-refractivity contribution in [1.29, 1.82) is 0 Å². The summed E-state index contributed by atoms with van der Waals surface area (Å²) in [5.41, 5.74) is 4.81. The Kier molecular flexibility index (Phi) is 4.87. The minimum Gasteiger partial charge on any atom is -0.396 e. The number of aryl methyl sites for hydroxylation is 3. The molecule has 0 atom stereocenters. The standard InChI is InChI=1S/C18H28O2/c1-13-8-14(2)17(15(3)9-13)10-18(11-19,12-20)16-6-4-5-7-16/h8-9,16,19-20H,4-7,10-12H2,1-3H3. The van der Waals surface area contributed by atoms with E-state index in [0.717, 1.165) is 19.3 Å². The number of hydrogen-bond acceptors (Lipinski definition) is 2. The molecule has 1 fully saturated rings. The van der Waals surface area contributed by atoms with Crippen LogP contribution in [0.1, 0.15) is 47.9 Å². The predicted octanol–water partition coefficient (Wildman–Crippen LogP) is 3.32. The lowest BCUT2D eigenvalue weighted by Gasteiger charge is -2.37. The molecule has 1 aliphatic rings. The van der Waals surface area contributed by atoms with Gasteiger partial charge in [0, 0.05) is 5.41 Å². The van der Waals surface area contributed by atoms with Crippen molar-refractivity contribution in [2.45, 2.75) is 52.9 Å². The quantitative estimate of drug-likeness (QED) is 0.866. The summed E-state index contributed by atoms with van der Waals surface area (Å²) in [6.45, 7) is 6.57. The van der Waals surface area contributed by atoms with Crippen LogP contribution in [0.5, 0.6) is 0 Å². The number of rotatable bonds is 5. The van der Waals surface area contributed by atoms with Gasteiger partial charge in [0.25, 0.3) is 0 Å². The molecule has 0 radical (unpaired) electrons. The van der Waals surface area contributed by atoms with E-state index in [4.69, 9.17) is 0 Å². The molecule has 1 aromatic carbocycles. The fraction of sp³-hybridized carbons (Fsp3) is 0.667. The van der Waals surface area contributed by atoms with Gasteiger partial charge < -0.3 is 10.2 Å². The molecule has 0 amide bonds. The van der Waals surface area contributed by atoms with Gasteiger partial charge in [-0.15, -0.1) is 0 Å². The largest absolute Gasteiger partial charge is 0.396 e. The Morgan fingerprint density at radius 1 is 1.00 bits per heavy atom. The molecule has 0 aromatic heterocycles. The zero-order chi connectivity index (χ0) is 14.8. The zero-order valence-corrected chi connectivity index (χ0v) is 13.1. The predicted molar refractivity (Wildman–Crippen MR) is 82.9 cm³/mol. The zero-order valence-electron chi connectivity index (χ0n) is 13.1. The highest BCUT2D eigenvalue weighted by atomic mass is 16.3. The second-order valence-electron chi connectivity index (χ2n) is 6.71. The molecule has 0 bridgehead atoms. The van der Waals surface area contributed by atoms with Crippen molar-refractivity contribution in [3.8, 4) is 0 Å². The van der Waals surface area contributed by atoms with Crippen LogP contribution >= 0.6 is 0 Å². The van der Waals surface area contributed by atoms with Gasteiger partial charge in [-0.2, -0.15) is 0 Å². The van der Waals surface area contributed by atoms with Gasteiger partial charge in [0.2, 0.25) is 0 Å². The molecule has 1 aliphatic carbocycles. The second kappa shape index (κ2) is 6.28. The fourth-order valence-corrected chi connectivity index (χ4v) is 3.94. The van der Waals surface area contributed by atoms with Gasteiger partial charge >= 0.3 is 0 Å². The van der Waals surface area contributed by atoms with Crippen LogP contribution in [-0.4, -0.2) is 23.4 Å². The van der Waals surface area contributed by atoms with E-state index in [1.54, 1.807) is 0 Å². The Balaban J connectivity index is 2.33. The highest BCUT2D eigenvalue weighted by Gasteiger charge is 2.39. The lowest BCUT2D eigenvalue weighted by atomic mass is 9.70. The van der Waals surface area contributed by atoms with Crippen molar-refractivity contribution in [3.05, 3.63) is 34.4 Å². The van der Waals surface area contributed by atoms with Crippen LogP contribution < -0.4 is 0 Å². The van der Waals surface area contributed by atoms with Gasteiger partial charge in [-0.1, -0.05) is 30.5 Å². The van der Waals surface area contributed by atoms with Gasteiger partial charge in [-0.25, -0.2) is 0 Å². The summed E-state index contributed by atoms with van der Waals surface area (Å²) in [6.07, 6.45) is 5.55. The Hall–Kier alpha value is -0.860. The highest BCUT2D eigenvalue weighted by molar-refractivity contribution is 5.38. The first-order valence-electron chi connectivity index (χ1n) is 7.81. The van der Waals surface area contributed by atoms with Crippen molar-refractivity contribution in [1.82, 2.24) is 0 Å². The van der Waals surface area contributed by atoms with Gasteiger partial charge in [0.1, 0.15) is 0 Å². The van der Waals surface area contributed by atoms with Crippen LogP contribution in [-0.2, 0) is 6.42 Å². The van der Waals surface area contributed by atoms with E-state index < -0.39 is 0 Å². The molecule has 2 heteroatoms. The number of hydrogen-bond donors (Lipinski definition) is 2. The van der Waals surface area contributed by atoms with Crippen molar-refractivity contribution >= 4 is 0 Å². The molecule has 0 unspecified atom stereocenters. The first kappa shape index (κ1) is 15.5. The fourth-order valence-electron chi connectivity index (χ4n) is 3.94. The summed E-state index contributed by atoms with van der Waals surface area (Å²) in [6, 6.07) is 4.41. The average molecular weight is 276 g/mol. The van der Waals surface area contributed by atoms with Crippen LogP contribution in [0.25, 0.3) is 0 Å². The smallest absolute Gasteiger partial charge is 0.0515 e. The van der Waals surface area contributed by atoms with Crippen molar-refractivity contribution in [2.75, 3.05) is 13.2 Å². The molecule has 0 spiro atoms. The molecule has 1 saturated carbocycles. The Morgan fingerprint density at radius 3 is 1.95 bits per heavy atom. The lowest BCUT2D eigenvalue weighted by molar-refractivity contribution is 0.00550. The van der Waals surface area contributed by atoms with Gasteiger partial charge in [-0.05, 0) is 62.6 Å². The maximum atomic E-state index is 9.97. The Bertz CT molecular complexity index is 431. The third-order valence-corrected chi connectivity index (χ3v) is 5.22. The summed E-state index contributed by atoms with van der Waals surface area (Å²) in [4.78, 5) is 0. The highest BCUT2D eigenvalue weighted by Crippen LogP contribution is 2.42. The minimum atomic E-state index is -0.346. The monoisotopic (exact) mass is 276 g/mol. The van der Waals surface area contributed by atoms with E-state index in [0.29, 0.717) is 5.92 Å². The van der Waals surface area contributed by atoms with E-state index in [1.165, 1.54) is 35.1 Å². The van der Waals surface area contributed by atoms with Crippen molar-refractivity contribution in [3.63, 3.8) is 0 Å². The molecule has 2 nitrogen and oxygen atoms in total. The SMILES string of the molecule is Cc1cc(C)c(CC(CO)(CO)C2CCCC2)c(C)c1. The van der Waals surface area contributed by atoms with E-state index in [9.17, 15) is 10.2 Å². The number of aliphatic hydroxyl groups is 2. The van der Waals surface area contributed by atoms with Crippen molar-refractivity contribution in [2.24, 2.45) is 11.3 Å². The first-order chi connectivity index (χ1) is 9.52. The third-order valence-electron chi connectivity index (χ3n) is 5.22. The normalized spacial score (nSPS) is 16.9. The molecular formula is C18H28O2.